The van der Waals surface area contributed by atoms with Crippen molar-refractivity contribution in [2.75, 3.05) is 6.61 Å². The summed E-state index contributed by atoms with van der Waals surface area (Å²) in [5, 5.41) is 11.5. The number of halogens is 3. The predicted molar refractivity (Wildman–Crippen MR) is 126 cm³/mol. The lowest BCUT2D eigenvalue weighted by Gasteiger charge is -2.39. The van der Waals surface area contributed by atoms with Gasteiger partial charge in [0.25, 0.3) is 0 Å². The van der Waals surface area contributed by atoms with Crippen molar-refractivity contribution in [3.63, 3.8) is 0 Å². The molecule has 188 valence electrons. The molecule has 8 heteroatoms. The maximum Gasteiger partial charge on any atom is 0.343 e. The van der Waals surface area contributed by atoms with Crippen LogP contribution in [0.4, 0.5) is 8.78 Å². The normalized spacial score (nSPS) is 22.9. The lowest BCUT2D eigenvalue weighted by atomic mass is 9.72. The van der Waals surface area contributed by atoms with E-state index in [1.54, 1.807) is 36.5 Å². The highest BCUT2D eigenvalue weighted by atomic mass is 79.9. The molecule has 1 saturated carbocycles. The second-order valence-corrected chi connectivity index (χ2v) is 9.18. The molecule has 1 unspecified atom stereocenters. The summed E-state index contributed by atoms with van der Waals surface area (Å²) in [7, 11) is 0. The molecule has 0 aromatic heterocycles. The molecule has 1 N–H and O–H groups in total. The summed E-state index contributed by atoms with van der Waals surface area (Å²) in [5.74, 6) is -4.70. The van der Waals surface area contributed by atoms with Crippen LogP contribution in [0.15, 0.2) is 65.7 Å². The first-order chi connectivity index (χ1) is 16.3. The van der Waals surface area contributed by atoms with Crippen LogP contribution in [0.25, 0.3) is 0 Å². The summed E-state index contributed by atoms with van der Waals surface area (Å²) in [6.45, 7) is 2.70. The monoisotopic (exact) mass is 548 g/mol. The Kier molecular flexibility index (Phi) is 8.94. The summed E-state index contributed by atoms with van der Waals surface area (Å²) in [4.78, 5) is 17.7. The fourth-order valence-corrected chi connectivity index (χ4v) is 4.91. The average Bonchev–Trinajstić information content (AvgIpc) is 3.18. The number of rotatable bonds is 8. The standard InChI is InChI=1S/C27H31F2N2O3.BrH/c1-20-30-18-24(31(20)19-21-9-4-2-5-10-21)14-16-34-25(32)27(33,22-11-6-3-7-12-22)23-13-8-15-26(28,29)17-23;/h2-7,9-12,18,20,23,33H,8,13-17,19H2,1H3;1H/q+1;/p-1/t20?,23-,27+;/m1./s1. The van der Waals surface area contributed by atoms with Crippen molar-refractivity contribution < 1.29 is 45.0 Å². The maximum atomic E-state index is 14.2. The number of ether oxygens (including phenoxy) is 1. The van der Waals surface area contributed by atoms with E-state index in [9.17, 15) is 18.7 Å². The minimum atomic E-state index is -2.91. The number of hydrogen-bond acceptors (Lipinski definition) is 4. The van der Waals surface area contributed by atoms with Crippen LogP contribution in [-0.2, 0) is 21.7 Å². The van der Waals surface area contributed by atoms with Gasteiger partial charge in [0.2, 0.25) is 12.1 Å². The predicted octanol–water partition coefficient (Wildman–Crippen LogP) is 1.72. The van der Waals surface area contributed by atoms with Gasteiger partial charge in [-0.25, -0.2) is 23.1 Å². The minimum absolute atomic E-state index is 0. The second-order valence-electron chi connectivity index (χ2n) is 9.18. The van der Waals surface area contributed by atoms with Gasteiger partial charge >= 0.3 is 5.97 Å². The van der Waals surface area contributed by atoms with Crippen LogP contribution >= 0.6 is 0 Å². The molecule has 35 heavy (non-hydrogen) atoms. The summed E-state index contributed by atoms with van der Waals surface area (Å²) in [5.41, 5.74) is 0.246. The van der Waals surface area contributed by atoms with Gasteiger partial charge in [-0.2, -0.15) is 0 Å². The molecule has 4 rings (SSSR count). The van der Waals surface area contributed by atoms with Gasteiger partial charge in [-0.15, -0.1) is 0 Å². The summed E-state index contributed by atoms with van der Waals surface area (Å²) < 4.78 is 36.1. The molecule has 2 aromatic rings. The summed E-state index contributed by atoms with van der Waals surface area (Å²) >= 11 is 0. The molecule has 3 atom stereocenters. The Balaban J connectivity index is 0.00000342. The highest BCUT2D eigenvalue weighted by molar-refractivity contribution is 6.28. The van der Waals surface area contributed by atoms with Gasteiger partial charge in [0.15, 0.2) is 17.9 Å². The molecule has 0 saturated heterocycles. The summed E-state index contributed by atoms with van der Waals surface area (Å²) in [6, 6.07) is 18.3. The molecule has 2 aliphatic rings. The van der Waals surface area contributed by atoms with Gasteiger partial charge in [0.05, 0.1) is 12.6 Å². The first-order valence-corrected chi connectivity index (χ1v) is 11.8. The van der Waals surface area contributed by atoms with Crippen molar-refractivity contribution in [3.05, 3.63) is 71.8 Å². The quantitative estimate of drug-likeness (QED) is 0.403. The van der Waals surface area contributed by atoms with E-state index >= 15 is 0 Å². The number of aliphatic hydroxyl groups is 1. The van der Waals surface area contributed by atoms with E-state index in [-0.39, 0.29) is 48.2 Å². The van der Waals surface area contributed by atoms with E-state index in [2.05, 4.69) is 9.57 Å². The third-order valence-corrected chi connectivity index (χ3v) is 6.80. The molecule has 1 aliphatic heterocycles. The van der Waals surface area contributed by atoms with Crippen LogP contribution < -0.4 is 17.0 Å². The maximum absolute atomic E-state index is 14.2. The van der Waals surface area contributed by atoms with E-state index in [1.165, 1.54) is 0 Å². The van der Waals surface area contributed by atoms with Crippen LogP contribution in [-0.4, -0.2) is 46.3 Å². The van der Waals surface area contributed by atoms with Crippen LogP contribution in [0.1, 0.15) is 50.2 Å². The largest absolute Gasteiger partial charge is 1.00 e. The lowest BCUT2D eigenvalue weighted by Crippen LogP contribution is -3.00. The topological polar surface area (TPSA) is 61.9 Å². The van der Waals surface area contributed by atoms with E-state index in [0.29, 0.717) is 19.4 Å². The van der Waals surface area contributed by atoms with E-state index < -0.39 is 29.8 Å². The number of aliphatic imine (C=N–C) groups is 1. The number of carbonyl (C=O) groups excluding carboxylic acids is 1. The van der Waals surface area contributed by atoms with Crippen molar-refractivity contribution >= 4 is 17.9 Å². The van der Waals surface area contributed by atoms with Gasteiger partial charge in [-0.3, -0.25) is 0 Å². The van der Waals surface area contributed by atoms with Gasteiger partial charge in [-0.1, -0.05) is 60.7 Å². The van der Waals surface area contributed by atoms with Crippen molar-refractivity contribution in [1.82, 2.24) is 0 Å². The molecule has 1 heterocycles. The number of benzene rings is 2. The third kappa shape index (κ3) is 6.22. The zero-order valence-corrected chi connectivity index (χ0v) is 21.3. The summed E-state index contributed by atoms with van der Waals surface area (Å²) in [6.07, 6.45) is 1.99. The Labute approximate surface area is 215 Å². The highest BCUT2D eigenvalue weighted by Gasteiger charge is 2.52. The average molecular weight is 549 g/mol. The van der Waals surface area contributed by atoms with Crippen molar-refractivity contribution in [1.29, 1.82) is 0 Å². The van der Waals surface area contributed by atoms with E-state index in [4.69, 9.17) is 4.74 Å². The molecule has 1 aliphatic carbocycles. The zero-order valence-electron chi connectivity index (χ0n) is 19.7. The number of hydrogen-bond donors (Lipinski definition) is 1. The molecular weight excluding hydrogens is 518 g/mol. The molecule has 0 amide bonds. The van der Waals surface area contributed by atoms with Gasteiger partial charge in [0.1, 0.15) is 6.61 Å². The SMILES string of the molecule is CC1N=CC(CCOC(=O)[C@](O)(c2ccccc2)[C@@H]2CCCC(F)(F)C2)=[N+]1Cc1ccccc1.[Br-]. The first kappa shape index (κ1) is 27.1. The van der Waals surface area contributed by atoms with E-state index in [0.717, 1.165) is 11.3 Å². The van der Waals surface area contributed by atoms with Gasteiger partial charge < -0.3 is 26.8 Å². The Bertz CT molecular complexity index is 1060. The Morgan fingerprint density at radius 1 is 1.17 bits per heavy atom. The van der Waals surface area contributed by atoms with Crippen molar-refractivity contribution in [2.45, 2.75) is 63.3 Å². The van der Waals surface area contributed by atoms with E-state index in [1.807, 2.05) is 37.3 Å². The fraction of sp³-hybridized carbons (Fsp3) is 0.444. The molecule has 0 radical (unpaired) electrons. The smallest absolute Gasteiger partial charge is 0.343 e. The number of esters is 1. The third-order valence-electron chi connectivity index (χ3n) is 6.80. The van der Waals surface area contributed by atoms with Gasteiger partial charge in [0, 0.05) is 31.2 Å². The number of alkyl halides is 2. The van der Waals surface area contributed by atoms with Gasteiger partial charge in [-0.05, 0) is 18.4 Å². The minimum Gasteiger partial charge on any atom is -1.00 e. The zero-order chi connectivity index (χ0) is 24.2. The Morgan fingerprint density at radius 3 is 2.49 bits per heavy atom. The molecular formula is C27H31BrF2N2O3. The lowest BCUT2D eigenvalue weighted by molar-refractivity contribution is -0.572. The second kappa shape index (κ2) is 11.5. The van der Waals surface area contributed by atoms with Crippen LogP contribution in [0, 0.1) is 5.92 Å². The molecule has 2 aromatic carbocycles. The van der Waals surface area contributed by atoms with Crippen LogP contribution in [0.5, 0.6) is 0 Å². The van der Waals surface area contributed by atoms with Crippen LogP contribution in [0.3, 0.4) is 0 Å². The van der Waals surface area contributed by atoms with Crippen molar-refractivity contribution in [2.24, 2.45) is 10.9 Å². The molecule has 0 bridgehead atoms. The van der Waals surface area contributed by atoms with Crippen molar-refractivity contribution in [3.8, 4) is 0 Å². The highest BCUT2D eigenvalue weighted by Crippen LogP contribution is 2.45. The molecule has 5 nitrogen and oxygen atoms in total. The van der Waals surface area contributed by atoms with Crippen LogP contribution in [0.2, 0.25) is 0 Å². The molecule has 1 fully saturated rings. The fourth-order valence-electron chi connectivity index (χ4n) is 4.91. The Hall–Kier alpha value is -2.45. The molecule has 0 spiro atoms. The first-order valence-electron chi connectivity index (χ1n) is 11.8. The number of carbonyl (C=O) groups is 1. The number of nitrogens with zero attached hydrogens (tertiary/aromatic N) is 2. The Morgan fingerprint density at radius 2 is 1.83 bits per heavy atom.